The van der Waals surface area contributed by atoms with Crippen LogP contribution < -0.4 is 10.2 Å². The quantitative estimate of drug-likeness (QED) is 0.671. The molecular weight excluding hydrogens is 394 g/mol. The fourth-order valence-corrected chi connectivity index (χ4v) is 4.29. The highest BCUT2D eigenvalue weighted by Crippen LogP contribution is 2.45. The molecule has 0 bridgehead atoms. The standard InChI is InChI=1S/C24H21N3O4/c28-21(25-13-11-16-6-5-15-31-16)12-14-26-22-17-7-1-2-8-18(17)24(30)27(22)20-10-4-3-9-19(20)23(26)29/h1-10,15,22H,11-14H2,(H,25,28). The van der Waals surface area contributed by atoms with Gasteiger partial charge in [-0.15, -0.1) is 0 Å². The van der Waals surface area contributed by atoms with Crippen molar-refractivity contribution in [3.8, 4) is 0 Å². The highest BCUT2D eigenvalue weighted by molar-refractivity contribution is 6.16. The molecule has 7 heteroatoms. The first kappa shape index (κ1) is 19.1. The first-order valence-corrected chi connectivity index (χ1v) is 10.3. The number of nitrogens with one attached hydrogen (secondary N) is 1. The van der Waals surface area contributed by atoms with Crippen molar-refractivity contribution < 1.29 is 18.8 Å². The number of fused-ring (bicyclic) bond motifs is 5. The first-order chi connectivity index (χ1) is 15.1. The fourth-order valence-electron chi connectivity index (χ4n) is 4.29. The number of carbonyl (C=O) groups excluding carboxylic acids is 3. The van der Waals surface area contributed by atoms with E-state index >= 15 is 0 Å². The van der Waals surface area contributed by atoms with Gasteiger partial charge >= 0.3 is 0 Å². The summed E-state index contributed by atoms with van der Waals surface area (Å²) in [5, 5.41) is 2.86. The number of hydrogen-bond donors (Lipinski definition) is 1. The molecule has 0 saturated carbocycles. The average Bonchev–Trinajstić information content (AvgIpc) is 3.41. The average molecular weight is 415 g/mol. The largest absolute Gasteiger partial charge is 0.469 e. The van der Waals surface area contributed by atoms with Crippen LogP contribution in [-0.4, -0.2) is 35.7 Å². The van der Waals surface area contributed by atoms with Crippen LogP contribution in [0.4, 0.5) is 5.69 Å². The Hall–Kier alpha value is -3.87. The van der Waals surface area contributed by atoms with E-state index in [0.29, 0.717) is 29.8 Å². The van der Waals surface area contributed by atoms with Gasteiger partial charge in [-0.25, -0.2) is 0 Å². The number of hydrogen-bond acceptors (Lipinski definition) is 4. The van der Waals surface area contributed by atoms with E-state index < -0.39 is 6.17 Å². The minimum absolute atomic E-state index is 0.131. The van der Waals surface area contributed by atoms with Crippen molar-refractivity contribution in [3.05, 3.63) is 89.4 Å². The Labute approximate surface area is 179 Å². The van der Waals surface area contributed by atoms with Crippen LogP contribution in [0.25, 0.3) is 0 Å². The van der Waals surface area contributed by atoms with Crippen LogP contribution in [0.3, 0.4) is 0 Å². The van der Waals surface area contributed by atoms with Crippen molar-refractivity contribution in [1.29, 1.82) is 0 Å². The monoisotopic (exact) mass is 415 g/mol. The summed E-state index contributed by atoms with van der Waals surface area (Å²) in [4.78, 5) is 42.1. The summed E-state index contributed by atoms with van der Waals surface area (Å²) in [5.74, 6) is 0.348. The zero-order chi connectivity index (χ0) is 21.4. The number of nitrogens with zero attached hydrogens (tertiary/aromatic N) is 2. The lowest BCUT2D eigenvalue weighted by Crippen LogP contribution is -2.49. The summed E-state index contributed by atoms with van der Waals surface area (Å²) < 4.78 is 5.27. The summed E-state index contributed by atoms with van der Waals surface area (Å²) in [7, 11) is 0. The van der Waals surface area contributed by atoms with E-state index in [1.165, 1.54) is 0 Å². The Bertz CT molecular complexity index is 1160. The molecular formula is C24H21N3O4. The Morgan fingerprint density at radius 1 is 0.935 bits per heavy atom. The van der Waals surface area contributed by atoms with Gasteiger partial charge in [0.05, 0.1) is 17.5 Å². The number of para-hydroxylation sites is 1. The van der Waals surface area contributed by atoms with Crippen LogP contribution in [0.2, 0.25) is 0 Å². The van der Waals surface area contributed by atoms with E-state index in [2.05, 4.69) is 5.32 Å². The van der Waals surface area contributed by atoms with E-state index in [-0.39, 0.29) is 30.7 Å². The molecule has 1 aromatic heterocycles. The van der Waals surface area contributed by atoms with Gasteiger partial charge in [-0.2, -0.15) is 0 Å². The third-order valence-corrected chi connectivity index (χ3v) is 5.74. The van der Waals surface area contributed by atoms with Gasteiger partial charge in [-0.1, -0.05) is 30.3 Å². The van der Waals surface area contributed by atoms with Gasteiger partial charge in [0.25, 0.3) is 11.8 Å². The lowest BCUT2D eigenvalue weighted by molar-refractivity contribution is -0.121. The summed E-state index contributed by atoms with van der Waals surface area (Å²) in [6, 6.07) is 18.1. The molecule has 0 saturated heterocycles. The minimum Gasteiger partial charge on any atom is -0.469 e. The van der Waals surface area contributed by atoms with Crippen LogP contribution in [0.1, 0.15) is 44.6 Å². The van der Waals surface area contributed by atoms with Gasteiger partial charge in [-0.05, 0) is 30.3 Å². The minimum atomic E-state index is -0.540. The normalized spacial score (nSPS) is 16.7. The number of amides is 3. The summed E-state index contributed by atoms with van der Waals surface area (Å²) >= 11 is 0. The predicted molar refractivity (Wildman–Crippen MR) is 114 cm³/mol. The Morgan fingerprint density at radius 3 is 2.52 bits per heavy atom. The molecule has 0 radical (unpaired) electrons. The Kier molecular flexibility index (Phi) is 4.78. The van der Waals surface area contributed by atoms with Crippen molar-refractivity contribution >= 4 is 23.4 Å². The topological polar surface area (TPSA) is 82.9 Å². The lowest BCUT2D eigenvalue weighted by Gasteiger charge is -2.40. The molecule has 3 aromatic rings. The molecule has 1 atom stereocenters. The van der Waals surface area contributed by atoms with Gasteiger partial charge in [0, 0.05) is 37.1 Å². The highest BCUT2D eigenvalue weighted by Gasteiger charge is 2.47. The molecule has 2 aromatic carbocycles. The molecule has 5 rings (SSSR count). The maximum absolute atomic E-state index is 13.3. The number of carbonyl (C=O) groups is 3. The van der Waals surface area contributed by atoms with E-state index in [9.17, 15) is 14.4 Å². The van der Waals surface area contributed by atoms with Crippen molar-refractivity contribution in [2.45, 2.75) is 19.0 Å². The van der Waals surface area contributed by atoms with Gasteiger partial charge < -0.3 is 14.6 Å². The Morgan fingerprint density at radius 2 is 1.71 bits per heavy atom. The number of furan rings is 1. The Balaban J connectivity index is 1.36. The molecule has 3 heterocycles. The molecule has 0 aliphatic carbocycles. The molecule has 156 valence electrons. The van der Waals surface area contributed by atoms with Crippen LogP contribution in [-0.2, 0) is 11.2 Å². The van der Waals surface area contributed by atoms with Gasteiger partial charge in [-0.3, -0.25) is 19.3 Å². The fraction of sp³-hybridized carbons (Fsp3) is 0.208. The molecule has 2 aliphatic heterocycles. The second kappa shape index (κ2) is 7.75. The van der Waals surface area contributed by atoms with Crippen molar-refractivity contribution in [3.63, 3.8) is 0 Å². The van der Waals surface area contributed by atoms with E-state index in [1.54, 1.807) is 40.3 Å². The van der Waals surface area contributed by atoms with E-state index in [4.69, 9.17) is 4.42 Å². The first-order valence-electron chi connectivity index (χ1n) is 10.3. The number of anilines is 1. The van der Waals surface area contributed by atoms with Gasteiger partial charge in [0.1, 0.15) is 11.9 Å². The number of benzene rings is 2. The smallest absolute Gasteiger partial charge is 0.260 e. The molecule has 31 heavy (non-hydrogen) atoms. The third kappa shape index (κ3) is 3.28. The zero-order valence-electron chi connectivity index (χ0n) is 16.8. The summed E-state index contributed by atoms with van der Waals surface area (Å²) in [6.45, 7) is 0.669. The summed E-state index contributed by atoms with van der Waals surface area (Å²) in [6.07, 6.45) is 1.81. The van der Waals surface area contributed by atoms with Crippen LogP contribution >= 0.6 is 0 Å². The molecule has 0 fully saturated rings. The molecule has 7 nitrogen and oxygen atoms in total. The molecule has 2 aliphatic rings. The van der Waals surface area contributed by atoms with Crippen LogP contribution in [0.5, 0.6) is 0 Å². The number of rotatable bonds is 6. The second-order valence-electron chi connectivity index (χ2n) is 7.58. The highest BCUT2D eigenvalue weighted by atomic mass is 16.3. The summed E-state index contributed by atoms with van der Waals surface area (Å²) in [5.41, 5.74) is 2.45. The van der Waals surface area contributed by atoms with Crippen molar-refractivity contribution in [1.82, 2.24) is 10.2 Å². The van der Waals surface area contributed by atoms with E-state index in [0.717, 1.165) is 11.3 Å². The molecule has 1 N–H and O–H groups in total. The third-order valence-electron chi connectivity index (χ3n) is 5.74. The SMILES string of the molecule is O=C(CCN1C(=O)c2ccccc2N2C(=O)c3ccccc3C12)NCCc1ccco1. The molecule has 3 amide bonds. The van der Waals surface area contributed by atoms with Gasteiger partial charge in [0.2, 0.25) is 5.91 Å². The van der Waals surface area contributed by atoms with Gasteiger partial charge in [0.15, 0.2) is 0 Å². The zero-order valence-corrected chi connectivity index (χ0v) is 16.8. The van der Waals surface area contributed by atoms with Crippen LogP contribution in [0, 0.1) is 0 Å². The maximum atomic E-state index is 13.3. The lowest BCUT2D eigenvalue weighted by atomic mass is 10.0. The molecule has 0 spiro atoms. The second-order valence-corrected chi connectivity index (χ2v) is 7.58. The van der Waals surface area contributed by atoms with Crippen LogP contribution in [0.15, 0.2) is 71.3 Å². The predicted octanol–water partition coefficient (Wildman–Crippen LogP) is 3.14. The maximum Gasteiger partial charge on any atom is 0.260 e. The van der Waals surface area contributed by atoms with Crippen molar-refractivity contribution in [2.24, 2.45) is 0 Å². The van der Waals surface area contributed by atoms with Crippen molar-refractivity contribution in [2.75, 3.05) is 18.0 Å². The van der Waals surface area contributed by atoms with E-state index in [1.807, 2.05) is 36.4 Å². The molecule has 1 unspecified atom stereocenters.